The Bertz CT molecular complexity index is 291. The summed E-state index contributed by atoms with van der Waals surface area (Å²) in [6.07, 6.45) is -5.33. The Morgan fingerprint density at radius 1 is 1.38 bits per heavy atom. The lowest BCUT2D eigenvalue weighted by atomic mass is 10.1. The first-order valence-corrected chi connectivity index (χ1v) is 5.05. The summed E-state index contributed by atoms with van der Waals surface area (Å²) in [5, 5.41) is 6.92. The standard InChI is InChI=1S/C5H9F3N2O2S/c6-5(7,8)4(13(9,11)12)1-2-10-3-4/h10H,1-3H2,(H2,9,11,12). The van der Waals surface area contributed by atoms with E-state index >= 15 is 0 Å². The van der Waals surface area contributed by atoms with Crippen LogP contribution in [0.2, 0.25) is 0 Å². The average molecular weight is 218 g/mol. The summed E-state index contributed by atoms with van der Waals surface area (Å²) >= 11 is 0. The zero-order valence-corrected chi connectivity index (χ0v) is 7.37. The SMILES string of the molecule is NS(=O)(=O)C1(C(F)(F)F)CCNC1. The molecule has 0 aromatic heterocycles. The normalized spacial score (nSPS) is 30.8. The maximum absolute atomic E-state index is 12.4. The number of primary sulfonamides is 1. The van der Waals surface area contributed by atoms with Crippen LogP contribution in [0.1, 0.15) is 6.42 Å². The molecule has 0 aromatic rings. The fraction of sp³-hybridized carbons (Fsp3) is 1.00. The fourth-order valence-corrected chi connectivity index (χ4v) is 2.33. The van der Waals surface area contributed by atoms with Gasteiger partial charge in [0.05, 0.1) is 0 Å². The molecular formula is C5H9F3N2O2S. The third-order valence-electron chi connectivity index (χ3n) is 2.18. The molecule has 4 nitrogen and oxygen atoms in total. The molecule has 0 aliphatic carbocycles. The number of hydrogen-bond donors (Lipinski definition) is 2. The Hall–Kier alpha value is -0.340. The van der Waals surface area contributed by atoms with E-state index in [0.717, 1.165) is 0 Å². The number of nitrogens with two attached hydrogens (primary N) is 1. The Morgan fingerprint density at radius 3 is 2.08 bits per heavy atom. The van der Waals surface area contributed by atoms with Crippen molar-refractivity contribution in [3.8, 4) is 0 Å². The second-order valence-electron chi connectivity index (χ2n) is 2.96. The zero-order chi connectivity index (χ0) is 10.3. The van der Waals surface area contributed by atoms with Crippen molar-refractivity contribution >= 4 is 10.0 Å². The summed E-state index contributed by atoms with van der Waals surface area (Å²) in [5.74, 6) is 0. The van der Waals surface area contributed by atoms with Crippen LogP contribution in [0.4, 0.5) is 13.2 Å². The second-order valence-corrected chi connectivity index (χ2v) is 4.84. The monoisotopic (exact) mass is 218 g/mol. The number of nitrogens with one attached hydrogen (secondary N) is 1. The first-order valence-electron chi connectivity index (χ1n) is 3.50. The van der Waals surface area contributed by atoms with Gasteiger partial charge in [0, 0.05) is 6.54 Å². The van der Waals surface area contributed by atoms with E-state index in [9.17, 15) is 21.6 Å². The molecule has 0 radical (unpaired) electrons. The molecule has 0 aromatic carbocycles. The average Bonchev–Trinajstić information content (AvgIpc) is 2.28. The predicted octanol–water partition coefficient (Wildman–Crippen LogP) is -0.431. The Kier molecular flexibility index (Phi) is 2.33. The van der Waals surface area contributed by atoms with Crippen molar-refractivity contribution in [1.29, 1.82) is 0 Å². The molecule has 1 saturated heterocycles. The van der Waals surface area contributed by atoms with Crippen LogP contribution >= 0.6 is 0 Å². The number of halogens is 3. The minimum absolute atomic E-state index is 0.00986. The smallest absolute Gasteiger partial charge is 0.315 e. The van der Waals surface area contributed by atoms with Gasteiger partial charge in [0.15, 0.2) is 4.75 Å². The molecule has 1 heterocycles. The van der Waals surface area contributed by atoms with Crippen molar-refractivity contribution in [3.05, 3.63) is 0 Å². The highest BCUT2D eigenvalue weighted by Crippen LogP contribution is 2.39. The molecule has 78 valence electrons. The molecule has 1 fully saturated rings. The van der Waals surface area contributed by atoms with Crippen molar-refractivity contribution in [2.24, 2.45) is 5.14 Å². The first-order chi connectivity index (χ1) is 5.71. The maximum atomic E-state index is 12.4. The predicted molar refractivity (Wildman–Crippen MR) is 39.4 cm³/mol. The van der Waals surface area contributed by atoms with Crippen LogP contribution in [0, 0.1) is 0 Å². The third-order valence-corrected chi connectivity index (χ3v) is 3.85. The number of hydrogen-bond acceptors (Lipinski definition) is 3. The minimum Gasteiger partial charge on any atom is -0.315 e. The number of sulfonamides is 1. The van der Waals surface area contributed by atoms with Crippen molar-refractivity contribution < 1.29 is 21.6 Å². The van der Waals surface area contributed by atoms with Crippen LogP contribution in [-0.4, -0.2) is 32.4 Å². The largest absolute Gasteiger partial charge is 0.410 e. The van der Waals surface area contributed by atoms with E-state index in [4.69, 9.17) is 0 Å². The van der Waals surface area contributed by atoms with Crippen LogP contribution in [-0.2, 0) is 10.0 Å². The van der Waals surface area contributed by atoms with Gasteiger partial charge in [-0.15, -0.1) is 0 Å². The van der Waals surface area contributed by atoms with Crippen LogP contribution in [0.3, 0.4) is 0 Å². The highest BCUT2D eigenvalue weighted by Gasteiger charge is 2.63. The van der Waals surface area contributed by atoms with Crippen molar-refractivity contribution in [2.45, 2.75) is 17.3 Å². The van der Waals surface area contributed by atoms with Gasteiger partial charge in [-0.2, -0.15) is 13.2 Å². The lowest BCUT2D eigenvalue weighted by Gasteiger charge is -2.27. The van der Waals surface area contributed by atoms with Crippen LogP contribution in [0.25, 0.3) is 0 Å². The van der Waals surface area contributed by atoms with E-state index in [1.165, 1.54) is 0 Å². The van der Waals surface area contributed by atoms with Gasteiger partial charge in [-0.05, 0) is 13.0 Å². The van der Waals surface area contributed by atoms with Crippen molar-refractivity contribution in [3.63, 3.8) is 0 Å². The summed E-state index contributed by atoms with van der Waals surface area (Å²) in [6.45, 7) is -0.648. The molecular weight excluding hydrogens is 209 g/mol. The maximum Gasteiger partial charge on any atom is 0.410 e. The van der Waals surface area contributed by atoms with Gasteiger partial charge >= 0.3 is 6.18 Å². The molecule has 0 bridgehead atoms. The number of rotatable bonds is 1. The van der Waals surface area contributed by atoms with E-state index in [1.807, 2.05) is 0 Å². The summed E-state index contributed by atoms with van der Waals surface area (Å²) in [5.41, 5.74) is 0. The van der Waals surface area contributed by atoms with Gasteiger partial charge in [0.2, 0.25) is 10.0 Å². The van der Waals surface area contributed by atoms with E-state index in [1.54, 1.807) is 0 Å². The lowest BCUT2D eigenvalue weighted by molar-refractivity contribution is -0.156. The van der Waals surface area contributed by atoms with Gasteiger partial charge in [-0.3, -0.25) is 0 Å². The lowest BCUT2D eigenvalue weighted by Crippen LogP contribution is -2.56. The van der Waals surface area contributed by atoms with E-state index in [-0.39, 0.29) is 6.54 Å². The summed E-state index contributed by atoms with van der Waals surface area (Å²) in [4.78, 5) is 0. The molecule has 13 heavy (non-hydrogen) atoms. The van der Waals surface area contributed by atoms with Gasteiger partial charge in [-0.1, -0.05) is 0 Å². The Morgan fingerprint density at radius 2 is 1.92 bits per heavy atom. The molecule has 0 saturated carbocycles. The molecule has 0 spiro atoms. The molecule has 1 aliphatic heterocycles. The third kappa shape index (κ3) is 1.53. The topological polar surface area (TPSA) is 72.2 Å². The second kappa shape index (κ2) is 2.82. The number of alkyl halides is 3. The van der Waals surface area contributed by atoms with E-state index < -0.39 is 33.9 Å². The van der Waals surface area contributed by atoms with Crippen molar-refractivity contribution in [1.82, 2.24) is 5.32 Å². The molecule has 0 amide bonds. The van der Waals surface area contributed by atoms with E-state index in [2.05, 4.69) is 10.5 Å². The molecule has 1 atom stereocenters. The van der Waals surface area contributed by atoms with Crippen LogP contribution < -0.4 is 10.5 Å². The molecule has 1 aliphatic rings. The van der Waals surface area contributed by atoms with Crippen LogP contribution in [0.15, 0.2) is 0 Å². The van der Waals surface area contributed by atoms with Gasteiger partial charge in [0.1, 0.15) is 0 Å². The first kappa shape index (κ1) is 10.7. The Balaban J connectivity index is 3.18. The highest BCUT2D eigenvalue weighted by atomic mass is 32.2. The summed E-state index contributed by atoms with van der Waals surface area (Å²) in [6, 6.07) is 0. The Labute approximate surface area is 73.3 Å². The molecule has 1 rings (SSSR count). The van der Waals surface area contributed by atoms with Gasteiger partial charge in [-0.25, -0.2) is 13.6 Å². The summed E-state index contributed by atoms with van der Waals surface area (Å²) in [7, 11) is -4.61. The summed E-state index contributed by atoms with van der Waals surface area (Å²) < 4.78 is 56.1. The zero-order valence-electron chi connectivity index (χ0n) is 6.56. The molecule has 8 heteroatoms. The van der Waals surface area contributed by atoms with Crippen LogP contribution in [0.5, 0.6) is 0 Å². The van der Waals surface area contributed by atoms with Crippen molar-refractivity contribution in [2.75, 3.05) is 13.1 Å². The van der Waals surface area contributed by atoms with Gasteiger partial charge < -0.3 is 5.32 Å². The fourth-order valence-electron chi connectivity index (χ4n) is 1.32. The molecule has 3 N–H and O–H groups in total. The van der Waals surface area contributed by atoms with Gasteiger partial charge in [0.25, 0.3) is 0 Å². The van der Waals surface area contributed by atoms with E-state index in [0.29, 0.717) is 0 Å². The quantitative estimate of drug-likeness (QED) is 0.627. The highest BCUT2D eigenvalue weighted by molar-refractivity contribution is 7.90. The molecule has 1 unspecified atom stereocenters. The minimum atomic E-state index is -4.82.